The zero-order valence-electron chi connectivity index (χ0n) is 26.9. The van der Waals surface area contributed by atoms with Crippen LogP contribution < -0.4 is 4.90 Å². The monoisotopic (exact) mass is 656 g/mol. The second-order valence-corrected chi connectivity index (χ2v) is 14.0. The Bertz CT molecular complexity index is 3110. The zero-order valence-corrected chi connectivity index (χ0v) is 27.7. The van der Waals surface area contributed by atoms with E-state index in [2.05, 4.69) is 173 Å². The maximum Gasteiger partial charge on any atom is 0.159 e. The normalized spacial score (nSPS) is 12.0. The van der Waals surface area contributed by atoms with E-state index >= 15 is 0 Å². The Morgan fingerprint density at radius 3 is 2.02 bits per heavy atom. The summed E-state index contributed by atoms with van der Waals surface area (Å²) in [6, 6.07) is 61.2. The number of fused-ring (bicyclic) bond motifs is 10. The number of thiophene rings is 1. The van der Waals surface area contributed by atoms with Crippen molar-refractivity contribution in [2.75, 3.05) is 4.90 Å². The fraction of sp³-hybridized carbons (Fsp3) is 0. The lowest BCUT2D eigenvalue weighted by atomic mass is 10.0. The second kappa shape index (κ2) is 10.6. The zero-order chi connectivity index (χ0) is 32.8. The molecule has 50 heavy (non-hydrogen) atoms. The predicted molar refractivity (Wildman–Crippen MR) is 213 cm³/mol. The fourth-order valence-corrected chi connectivity index (χ4v) is 9.15. The van der Waals surface area contributed by atoms with Crippen LogP contribution in [0.5, 0.6) is 0 Å². The van der Waals surface area contributed by atoms with Gasteiger partial charge in [-0.15, -0.1) is 11.3 Å². The molecule has 0 saturated carbocycles. The fourth-order valence-electron chi connectivity index (χ4n) is 7.91. The predicted octanol–water partition coefficient (Wildman–Crippen LogP) is 13.7. The first-order valence-corrected chi connectivity index (χ1v) is 17.7. The molecule has 0 N–H and O–H groups in total. The van der Waals surface area contributed by atoms with Crippen LogP contribution in [0.1, 0.15) is 0 Å². The van der Waals surface area contributed by atoms with Crippen LogP contribution in [0.2, 0.25) is 0 Å². The molecule has 3 nitrogen and oxygen atoms in total. The highest BCUT2D eigenvalue weighted by Crippen LogP contribution is 2.49. The molecule has 11 aromatic rings. The van der Waals surface area contributed by atoms with E-state index in [1.807, 2.05) is 17.4 Å². The van der Waals surface area contributed by atoms with Crippen LogP contribution in [-0.4, -0.2) is 4.57 Å². The van der Waals surface area contributed by atoms with Crippen LogP contribution in [0.3, 0.4) is 0 Å². The van der Waals surface area contributed by atoms with Crippen molar-refractivity contribution in [2.45, 2.75) is 0 Å². The summed E-state index contributed by atoms with van der Waals surface area (Å²) >= 11 is 1.86. The van der Waals surface area contributed by atoms with Gasteiger partial charge in [0.15, 0.2) is 5.58 Å². The number of para-hydroxylation sites is 4. The molecule has 0 aliphatic heterocycles. The number of benzene rings is 8. The quantitative estimate of drug-likeness (QED) is 0.188. The van der Waals surface area contributed by atoms with Gasteiger partial charge in [-0.3, -0.25) is 0 Å². The first-order valence-electron chi connectivity index (χ1n) is 16.9. The lowest BCUT2D eigenvalue weighted by Crippen LogP contribution is -2.10. The lowest BCUT2D eigenvalue weighted by Gasteiger charge is -2.26. The van der Waals surface area contributed by atoms with Crippen molar-refractivity contribution in [3.63, 3.8) is 0 Å². The van der Waals surface area contributed by atoms with Crippen LogP contribution in [0.4, 0.5) is 17.1 Å². The smallest absolute Gasteiger partial charge is 0.159 e. The topological polar surface area (TPSA) is 21.3 Å². The van der Waals surface area contributed by atoms with E-state index < -0.39 is 0 Å². The Kier molecular flexibility index (Phi) is 5.83. The lowest BCUT2D eigenvalue weighted by molar-refractivity contribution is 0.669. The Hall–Kier alpha value is -6.36. The number of anilines is 3. The van der Waals surface area contributed by atoms with Crippen LogP contribution >= 0.6 is 11.3 Å². The molecule has 234 valence electrons. The van der Waals surface area contributed by atoms with Crippen molar-refractivity contribution < 1.29 is 4.42 Å². The van der Waals surface area contributed by atoms with E-state index in [0.29, 0.717) is 0 Å². The summed E-state index contributed by atoms with van der Waals surface area (Å²) in [5, 5.41) is 9.75. The molecule has 11 rings (SSSR count). The van der Waals surface area contributed by atoms with E-state index in [4.69, 9.17) is 4.42 Å². The van der Waals surface area contributed by atoms with E-state index in [0.717, 1.165) is 50.2 Å². The minimum Gasteiger partial charge on any atom is -0.454 e. The van der Waals surface area contributed by atoms with E-state index in [1.54, 1.807) is 0 Å². The molecule has 0 aliphatic carbocycles. The Balaban J connectivity index is 1.24. The maximum atomic E-state index is 6.72. The first-order chi connectivity index (χ1) is 24.8. The number of hydrogen-bond acceptors (Lipinski definition) is 3. The largest absolute Gasteiger partial charge is 0.454 e. The van der Waals surface area contributed by atoms with Gasteiger partial charge >= 0.3 is 0 Å². The third-order valence-corrected chi connectivity index (χ3v) is 11.3. The summed E-state index contributed by atoms with van der Waals surface area (Å²) in [4.78, 5) is 2.41. The minimum absolute atomic E-state index is 0.876. The number of furan rings is 1. The third kappa shape index (κ3) is 3.97. The SMILES string of the molecule is c1ccc(-n2c3ccccc3c3ccc(N(c4cccc5c4oc4ccccc45)c4cccc5c4sc4cc6ccccc6cc45)cc32)cc1. The van der Waals surface area contributed by atoms with E-state index in [1.165, 1.54) is 47.2 Å². The summed E-state index contributed by atoms with van der Waals surface area (Å²) in [5.41, 5.74) is 8.46. The van der Waals surface area contributed by atoms with Crippen molar-refractivity contribution in [1.82, 2.24) is 4.57 Å². The summed E-state index contributed by atoms with van der Waals surface area (Å²) in [7, 11) is 0. The molecule has 0 saturated heterocycles. The van der Waals surface area contributed by atoms with Gasteiger partial charge in [0.05, 0.1) is 27.1 Å². The van der Waals surface area contributed by atoms with Crippen molar-refractivity contribution >= 4 is 103 Å². The summed E-state index contributed by atoms with van der Waals surface area (Å²) < 4.78 is 11.6. The van der Waals surface area contributed by atoms with Gasteiger partial charge in [0.2, 0.25) is 0 Å². The van der Waals surface area contributed by atoms with Gasteiger partial charge < -0.3 is 13.9 Å². The minimum atomic E-state index is 0.876. The van der Waals surface area contributed by atoms with Gasteiger partial charge in [-0.1, -0.05) is 109 Å². The molecule has 0 spiro atoms. The highest BCUT2D eigenvalue weighted by molar-refractivity contribution is 7.26. The Morgan fingerprint density at radius 2 is 1.14 bits per heavy atom. The van der Waals surface area contributed by atoms with Crippen molar-refractivity contribution in [3.8, 4) is 5.69 Å². The van der Waals surface area contributed by atoms with Crippen LogP contribution in [0.25, 0.3) is 80.4 Å². The summed E-state index contributed by atoms with van der Waals surface area (Å²) in [6.45, 7) is 0. The summed E-state index contributed by atoms with van der Waals surface area (Å²) in [5.74, 6) is 0. The van der Waals surface area contributed by atoms with Gasteiger partial charge in [0.25, 0.3) is 0 Å². The van der Waals surface area contributed by atoms with E-state index in [9.17, 15) is 0 Å². The number of aromatic nitrogens is 1. The molecule has 4 heteroatoms. The van der Waals surface area contributed by atoms with Crippen molar-refractivity contribution in [1.29, 1.82) is 0 Å². The Labute approximate surface area is 291 Å². The molecule has 0 unspecified atom stereocenters. The average molecular weight is 657 g/mol. The molecule has 3 aromatic heterocycles. The number of hydrogen-bond donors (Lipinski definition) is 0. The molecule has 0 radical (unpaired) electrons. The first kappa shape index (κ1) is 27.6. The molecule has 0 amide bonds. The standard InChI is InChI=1S/C46H28N2OS/c1-2-14-31(15-3-1)47-39-20-8-6-16-33(39)34-25-24-32(28-42(34)47)48(40-21-10-18-36-35-17-7-9-23-43(35)49-45(36)40)41-22-11-19-37-38-26-29-12-4-5-13-30(29)27-44(38)50-46(37)41/h1-28H. The van der Waals surface area contributed by atoms with Gasteiger partial charge in [0, 0.05) is 48.4 Å². The van der Waals surface area contributed by atoms with E-state index in [-0.39, 0.29) is 0 Å². The van der Waals surface area contributed by atoms with Crippen molar-refractivity contribution in [2.24, 2.45) is 0 Å². The van der Waals surface area contributed by atoms with Crippen LogP contribution in [-0.2, 0) is 0 Å². The Morgan fingerprint density at radius 1 is 0.460 bits per heavy atom. The molecule has 0 aliphatic rings. The van der Waals surface area contributed by atoms with Crippen molar-refractivity contribution in [3.05, 3.63) is 170 Å². The highest BCUT2D eigenvalue weighted by Gasteiger charge is 2.24. The molecule has 0 atom stereocenters. The highest BCUT2D eigenvalue weighted by atomic mass is 32.1. The molecular formula is C46H28N2OS. The molecule has 8 aromatic carbocycles. The maximum absolute atomic E-state index is 6.72. The van der Waals surface area contributed by atoms with Crippen LogP contribution in [0, 0.1) is 0 Å². The number of rotatable bonds is 4. The third-order valence-electron chi connectivity index (χ3n) is 10.1. The van der Waals surface area contributed by atoms with Crippen LogP contribution in [0.15, 0.2) is 174 Å². The average Bonchev–Trinajstić information content (AvgIpc) is 3.84. The molecule has 0 bridgehead atoms. The van der Waals surface area contributed by atoms with Gasteiger partial charge in [0.1, 0.15) is 5.58 Å². The van der Waals surface area contributed by atoms with Gasteiger partial charge in [-0.05, 0) is 71.4 Å². The van der Waals surface area contributed by atoms with Gasteiger partial charge in [-0.25, -0.2) is 0 Å². The van der Waals surface area contributed by atoms with Gasteiger partial charge in [-0.2, -0.15) is 0 Å². The second-order valence-electron chi connectivity index (χ2n) is 12.9. The molecule has 3 heterocycles. The number of nitrogens with zero attached hydrogens (tertiary/aromatic N) is 2. The molecular weight excluding hydrogens is 629 g/mol. The summed E-state index contributed by atoms with van der Waals surface area (Å²) in [6.07, 6.45) is 0. The molecule has 0 fully saturated rings.